The van der Waals surface area contributed by atoms with E-state index in [9.17, 15) is 4.39 Å². The minimum absolute atomic E-state index is 0.233. The molecule has 1 aromatic carbocycles. The van der Waals surface area contributed by atoms with E-state index in [-0.39, 0.29) is 5.82 Å². The van der Waals surface area contributed by atoms with Crippen molar-refractivity contribution < 1.29 is 9.13 Å². The van der Waals surface area contributed by atoms with Crippen molar-refractivity contribution in [1.82, 2.24) is 0 Å². The molecule has 0 aliphatic carbocycles. The predicted octanol–water partition coefficient (Wildman–Crippen LogP) is 7.25. The maximum atomic E-state index is 13.9. The van der Waals surface area contributed by atoms with Gasteiger partial charge in [0, 0.05) is 0 Å². The number of benzene rings is 1. The highest BCUT2D eigenvalue weighted by Crippen LogP contribution is 2.23. The average Bonchev–Trinajstić information content (AvgIpc) is 2.53. The summed E-state index contributed by atoms with van der Waals surface area (Å²) in [6.45, 7) is 7.01. The first kappa shape index (κ1) is 20.0. The molecule has 1 nitrogen and oxygen atoms in total. The molecule has 0 fully saturated rings. The van der Waals surface area contributed by atoms with E-state index in [2.05, 4.69) is 20.8 Å². The Morgan fingerprint density at radius 2 is 1.43 bits per heavy atom. The smallest absolute Gasteiger partial charge is 0.165 e. The third kappa shape index (κ3) is 8.98. The van der Waals surface area contributed by atoms with E-state index in [1.165, 1.54) is 57.8 Å². The molecule has 132 valence electrons. The second kappa shape index (κ2) is 12.4. The molecule has 0 saturated heterocycles. The van der Waals surface area contributed by atoms with Crippen LogP contribution in [0.5, 0.6) is 5.75 Å². The van der Waals surface area contributed by atoms with Gasteiger partial charge in [0.05, 0.1) is 6.61 Å². The van der Waals surface area contributed by atoms with Crippen LogP contribution in [-0.4, -0.2) is 6.61 Å². The lowest BCUT2D eigenvalue weighted by molar-refractivity contribution is 0.289. The van der Waals surface area contributed by atoms with Gasteiger partial charge in [0.15, 0.2) is 11.6 Å². The molecular weight excluding hydrogens is 287 g/mol. The second-order valence-corrected chi connectivity index (χ2v) is 6.88. The lowest BCUT2D eigenvalue weighted by Crippen LogP contribution is -2.00. The number of hydrogen-bond acceptors (Lipinski definition) is 1. The van der Waals surface area contributed by atoms with Gasteiger partial charge in [-0.05, 0) is 30.0 Å². The number of ether oxygens (including phenoxy) is 1. The second-order valence-electron chi connectivity index (χ2n) is 6.88. The molecule has 0 atom stereocenters. The molecule has 0 saturated carbocycles. The molecule has 0 bridgehead atoms. The summed E-state index contributed by atoms with van der Waals surface area (Å²) in [5.74, 6) is 0.508. The topological polar surface area (TPSA) is 9.23 Å². The fourth-order valence-corrected chi connectivity index (χ4v) is 2.76. The Morgan fingerprint density at radius 1 is 0.870 bits per heavy atom. The van der Waals surface area contributed by atoms with E-state index in [1.54, 1.807) is 12.1 Å². The maximum Gasteiger partial charge on any atom is 0.165 e. The zero-order chi connectivity index (χ0) is 16.9. The summed E-state index contributed by atoms with van der Waals surface area (Å²) in [6.07, 6.45) is 13.0. The number of unbranched alkanes of at least 4 members (excludes halogenated alkanes) is 9. The van der Waals surface area contributed by atoms with Crippen LogP contribution in [0.3, 0.4) is 0 Å². The van der Waals surface area contributed by atoms with Crippen LogP contribution in [0.1, 0.15) is 96.5 Å². The molecule has 0 radical (unpaired) electrons. The summed E-state index contributed by atoms with van der Waals surface area (Å²) in [7, 11) is 0. The minimum Gasteiger partial charge on any atom is -0.491 e. The fraction of sp³-hybridized carbons (Fsp3) is 0.714. The molecule has 0 heterocycles. The van der Waals surface area contributed by atoms with E-state index in [0.29, 0.717) is 18.3 Å². The fourth-order valence-electron chi connectivity index (χ4n) is 2.76. The summed E-state index contributed by atoms with van der Waals surface area (Å²) >= 11 is 0. The Bertz CT molecular complexity index is 414. The lowest BCUT2D eigenvalue weighted by atomic mass is 10.0. The van der Waals surface area contributed by atoms with Crippen molar-refractivity contribution in [1.29, 1.82) is 0 Å². The van der Waals surface area contributed by atoms with E-state index in [4.69, 9.17) is 4.74 Å². The highest BCUT2D eigenvalue weighted by Gasteiger charge is 2.06. The van der Waals surface area contributed by atoms with Crippen LogP contribution < -0.4 is 4.74 Å². The van der Waals surface area contributed by atoms with Crippen molar-refractivity contribution in [3.63, 3.8) is 0 Å². The quantitative estimate of drug-likeness (QED) is 0.347. The molecule has 2 heteroatoms. The van der Waals surface area contributed by atoms with Crippen LogP contribution in [0.25, 0.3) is 0 Å². The SMILES string of the molecule is CCCCCCCCCCCCOc1ccc(C(C)C)cc1F. The molecule has 0 spiro atoms. The molecule has 0 aromatic heterocycles. The van der Waals surface area contributed by atoms with E-state index < -0.39 is 0 Å². The molecule has 1 aromatic rings. The van der Waals surface area contributed by atoms with Crippen LogP contribution in [0.4, 0.5) is 4.39 Å². The van der Waals surface area contributed by atoms with Crippen molar-refractivity contribution in [2.24, 2.45) is 0 Å². The van der Waals surface area contributed by atoms with Gasteiger partial charge in [-0.1, -0.05) is 84.6 Å². The molecular formula is C21H35FO. The molecule has 23 heavy (non-hydrogen) atoms. The third-order valence-corrected chi connectivity index (χ3v) is 4.38. The highest BCUT2D eigenvalue weighted by atomic mass is 19.1. The van der Waals surface area contributed by atoms with Gasteiger partial charge in [-0.3, -0.25) is 0 Å². The number of halogens is 1. The Labute approximate surface area is 142 Å². The van der Waals surface area contributed by atoms with Gasteiger partial charge < -0.3 is 4.74 Å². The summed E-state index contributed by atoms with van der Waals surface area (Å²) in [5.41, 5.74) is 1.02. The zero-order valence-electron chi connectivity index (χ0n) is 15.4. The number of hydrogen-bond donors (Lipinski definition) is 0. The Balaban J connectivity index is 2.03. The van der Waals surface area contributed by atoms with Crippen molar-refractivity contribution in [2.75, 3.05) is 6.61 Å². The highest BCUT2D eigenvalue weighted by molar-refractivity contribution is 5.30. The Morgan fingerprint density at radius 3 is 1.96 bits per heavy atom. The largest absolute Gasteiger partial charge is 0.491 e. The summed E-state index contributed by atoms with van der Waals surface area (Å²) < 4.78 is 19.5. The van der Waals surface area contributed by atoms with Gasteiger partial charge in [0.1, 0.15) is 0 Å². The first-order chi connectivity index (χ1) is 11.1. The van der Waals surface area contributed by atoms with E-state index >= 15 is 0 Å². The zero-order valence-corrected chi connectivity index (χ0v) is 15.4. The van der Waals surface area contributed by atoms with E-state index in [0.717, 1.165) is 12.0 Å². The minimum atomic E-state index is -0.233. The predicted molar refractivity (Wildman–Crippen MR) is 97.8 cm³/mol. The van der Waals surface area contributed by atoms with Crippen LogP contribution >= 0.6 is 0 Å². The summed E-state index contributed by atoms with van der Waals surface area (Å²) in [5, 5.41) is 0. The molecule has 0 aliphatic heterocycles. The van der Waals surface area contributed by atoms with Crippen molar-refractivity contribution in [3.05, 3.63) is 29.6 Å². The van der Waals surface area contributed by atoms with Gasteiger partial charge in [0.25, 0.3) is 0 Å². The summed E-state index contributed by atoms with van der Waals surface area (Å²) in [4.78, 5) is 0. The van der Waals surface area contributed by atoms with Crippen LogP contribution in [0, 0.1) is 5.82 Å². The number of rotatable bonds is 13. The van der Waals surface area contributed by atoms with Gasteiger partial charge in [-0.25, -0.2) is 4.39 Å². The van der Waals surface area contributed by atoms with Gasteiger partial charge >= 0.3 is 0 Å². The first-order valence-corrected chi connectivity index (χ1v) is 9.57. The van der Waals surface area contributed by atoms with Gasteiger partial charge in [-0.15, -0.1) is 0 Å². The molecule has 1 rings (SSSR count). The lowest BCUT2D eigenvalue weighted by Gasteiger charge is -2.10. The van der Waals surface area contributed by atoms with Crippen LogP contribution in [-0.2, 0) is 0 Å². The average molecular weight is 323 g/mol. The standard InChI is InChI=1S/C21H35FO/c1-4-5-6-7-8-9-10-11-12-13-16-23-21-15-14-19(18(2)3)17-20(21)22/h14-15,17-18H,4-13,16H2,1-3H3. The summed E-state index contributed by atoms with van der Waals surface area (Å²) in [6, 6.07) is 5.32. The van der Waals surface area contributed by atoms with Crippen molar-refractivity contribution >= 4 is 0 Å². The van der Waals surface area contributed by atoms with Gasteiger partial charge in [-0.2, -0.15) is 0 Å². The molecule has 0 amide bonds. The Kier molecular flexibility index (Phi) is 10.8. The first-order valence-electron chi connectivity index (χ1n) is 9.57. The maximum absolute atomic E-state index is 13.9. The van der Waals surface area contributed by atoms with Crippen molar-refractivity contribution in [3.8, 4) is 5.75 Å². The molecule has 0 unspecified atom stereocenters. The third-order valence-electron chi connectivity index (χ3n) is 4.38. The molecule has 0 N–H and O–H groups in total. The van der Waals surface area contributed by atoms with Crippen LogP contribution in [0.15, 0.2) is 18.2 Å². The van der Waals surface area contributed by atoms with E-state index in [1.807, 2.05) is 6.07 Å². The van der Waals surface area contributed by atoms with Crippen molar-refractivity contribution in [2.45, 2.75) is 90.9 Å². The Hall–Kier alpha value is -1.05. The van der Waals surface area contributed by atoms with Gasteiger partial charge in [0.2, 0.25) is 0 Å². The van der Waals surface area contributed by atoms with Crippen LogP contribution in [0.2, 0.25) is 0 Å². The molecule has 0 aliphatic rings. The monoisotopic (exact) mass is 322 g/mol. The normalized spacial score (nSPS) is 11.2.